The van der Waals surface area contributed by atoms with Crippen molar-refractivity contribution < 1.29 is 4.74 Å². The molecule has 25 heavy (non-hydrogen) atoms. The minimum absolute atomic E-state index is 0.264. The summed E-state index contributed by atoms with van der Waals surface area (Å²) < 4.78 is 5.24. The van der Waals surface area contributed by atoms with E-state index in [4.69, 9.17) is 4.74 Å². The van der Waals surface area contributed by atoms with Crippen LogP contribution in [0.4, 0.5) is 0 Å². The molecule has 1 atom stereocenters. The summed E-state index contributed by atoms with van der Waals surface area (Å²) in [6, 6.07) is 26.4. The van der Waals surface area contributed by atoms with E-state index in [0.29, 0.717) is 6.04 Å². The third-order valence-corrected chi connectivity index (χ3v) is 4.99. The molecule has 0 aliphatic heterocycles. The first-order valence-corrected chi connectivity index (χ1v) is 8.83. The van der Waals surface area contributed by atoms with Crippen molar-refractivity contribution in [2.45, 2.75) is 25.4 Å². The quantitative estimate of drug-likeness (QED) is 0.712. The normalized spacial score (nSPS) is 14.0. The number of nitrogens with one attached hydrogen (secondary N) is 1. The van der Waals surface area contributed by atoms with Crippen LogP contribution in [0.1, 0.15) is 29.7 Å². The Balaban J connectivity index is 1.55. The fourth-order valence-corrected chi connectivity index (χ4v) is 3.79. The van der Waals surface area contributed by atoms with Crippen molar-refractivity contribution in [3.05, 3.63) is 89.5 Å². The fraction of sp³-hybridized carbons (Fsp3) is 0.217. The van der Waals surface area contributed by atoms with E-state index in [1.807, 2.05) is 12.1 Å². The molecule has 0 heterocycles. The predicted molar refractivity (Wildman–Crippen MR) is 103 cm³/mol. The van der Waals surface area contributed by atoms with Gasteiger partial charge in [0, 0.05) is 6.04 Å². The molecule has 2 nitrogen and oxygen atoms in total. The lowest BCUT2D eigenvalue weighted by atomic mass is 10.0. The molecule has 1 aliphatic carbocycles. The second-order valence-electron chi connectivity index (χ2n) is 6.73. The van der Waals surface area contributed by atoms with Crippen LogP contribution >= 0.6 is 0 Å². The Labute approximate surface area is 149 Å². The summed E-state index contributed by atoms with van der Waals surface area (Å²) in [6.45, 7) is 2.26. The molecule has 1 N–H and O–H groups in total. The van der Waals surface area contributed by atoms with E-state index in [2.05, 4.69) is 72.9 Å². The van der Waals surface area contributed by atoms with E-state index in [1.54, 1.807) is 7.11 Å². The first-order valence-electron chi connectivity index (χ1n) is 8.83. The maximum absolute atomic E-state index is 5.24. The van der Waals surface area contributed by atoms with Gasteiger partial charge in [0.05, 0.1) is 13.2 Å². The van der Waals surface area contributed by atoms with Gasteiger partial charge in [-0.1, -0.05) is 60.7 Å². The van der Waals surface area contributed by atoms with E-state index >= 15 is 0 Å². The lowest BCUT2D eigenvalue weighted by Gasteiger charge is -2.22. The fourth-order valence-electron chi connectivity index (χ4n) is 3.79. The third kappa shape index (κ3) is 3.06. The zero-order chi connectivity index (χ0) is 17.2. The van der Waals surface area contributed by atoms with Crippen molar-refractivity contribution in [3.8, 4) is 16.9 Å². The summed E-state index contributed by atoms with van der Waals surface area (Å²) in [5, 5.41) is 3.84. The summed E-state index contributed by atoms with van der Waals surface area (Å²) in [5.74, 6) is 0.906. The monoisotopic (exact) mass is 329 g/mol. The van der Waals surface area contributed by atoms with Crippen molar-refractivity contribution in [1.29, 1.82) is 0 Å². The Morgan fingerprint density at radius 1 is 0.840 bits per heavy atom. The zero-order valence-electron chi connectivity index (χ0n) is 14.7. The average Bonchev–Trinajstić information content (AvgIpc) is 2.97. The second kappa shape index (κ2) is 6.73. The van der Waals surface area contributed by atoms with Crippen molar-refractivity contribution in [1.82, 2.24) is 5.32 Å². The van der Waals surface area contributed by atoms with Crippen molar-refractivity contribution in [3.63, 3.8) is 0 Å². The summed E-state index contributed by atoms with van der Waals surface area (Å²) in [6.07, 6.45) is 0.991. The molecular weight excluding hydrogens is 306 g/mol. The Kier molecular flexibility index (Phi) is 4.29. The van der Waals surface area contributed by atoms with Crippen LogP contribution < -0.4 is 10.1 Å². The maximum Gasteiger partial charge on any atom is 0.118 e. The van der Waals surface area contributed by atoms with Crippen LogP contribution in [0.3, 0.4) is 0 Å². The van der Waals surface area contributed by atoms with Crippen LogP contribution in [0.5, 0.6) is 5.75 Å². The Morgan fingerprint density at radius 2 is 1.40 bits per heavy atom. The van der Waals surface area contributed by atoms with Gasteiger partial charge in [-0.3, -0.25) is 0 Å². The SMILES string of the molecule is COc1ccc(C[C@H](C)NC2c3ccccc3-c3ccccc32)cc1. The van der Waals surface area contributed by atoms with Crippen molar-refractivity contribution in [2.24, 2.45) is 0 Å². The van der Waals surface area contributed by atoms with Gasteiger partial charge in [-0.15, -0.1) is 0 Å². The van der Waals surface area contributed by atoms with Gasteiger partial charge in [-0.05, 0) is 53.3 Å². The van der Waals surface area contributed by atoms with Crippen LogP contribution in [0.15, 0.2) is 72.8 Å². The standard InChI is InChI=1S/C23H23NO/c1-16(15-17-11-13-18(25-2)14-12-17)24-23-21-9-5-3-7-19(21)20-8-4-6-10-22(20)23/h3-14,16,23-24H,15H2,1-2H3/t16-/m0/s1. The van der Waals surface area contributed by atoms with E-state index < -0.39 is 0 Å². The summed E-state index contributed by atoms with van der Waals surface area (Å²) in [5.41, 5.74) is 6.79. The number of hydrogen-bond acceptors (Lipinski definition) is 2. The van der Waals surface area contributed by atoms with Gasteiger partial charge < -0.3 is 10.1 Å². The number of rotatable bonds is 5. The third-order valence-electron chi connectivity index (χ3n) is 4.99. The number of ether oxygens (including phenoxy) is 1. The maximum atomic E-state index is 5.24. The highest BCUT2D eigenvalue weighted by Gasteiger charge is 2.28. The number of benzene rings is 3. The van der Waals surface area contributed by atoms with Crippen LogP contribution in [0.25, 0.3) is 11.1 Å². The molecule has 2 heteroatoms. The van der Waals surface area contributed by atoms with Gasteiger partial charge in [0.2, 0.25) is 0 Å². The van der Waals surface area contributed by atoms with Crippen LogP contribution in [-0.4, -0.2) is 13.2 Å². The Morgan fingerprint density at radius 3 is 1.96 bits per heavy atom. The lowest BCUT2D eigenvalue weighted by molar-refractivity contribution is 0.414. The molecule has 0 aromatic heterocycles. The number of hydrogen-bond donors (Lipinski definition) is 1. The predicted octanol–water partition coefficient (Wildman–Crippen LogP) is 4.99. The molecule has 0 unspecified atom stereocenters. The molecule has 0 radical (unpaired) electrons. The molecule has 0 spiro atoms. The van der Waals surface area contributed by atoms with E-state index in [1.165, 1.54) is 27.8 Å². The van der Waals surface area contributed by atoms with Gasteiger partial charge in [-0.2, -0.15) is 0 Å². The Bertz CT molecular complexity index is 824. The molecule has 0 saturated heterocycles. The van der Waals surface area contributed by atoms with Crippen LogP contribution in [0, 0.1) is 0 Å². The van der Waals surface area contributed by atoms with E-state index in [0.717, 1.165) is 12.2 Å². The highest BCUT2D eigenvalue weighted by Crippen LogP contribution is 2.43. The Hall–Kier alpha value is -2.58. The van der Waals surface area contributed by atoms with Gasteiger partial charge in [-0.25, -0.2) is 0 Å². The highest BCUT2D eigenvalue weighted by atomic mass is 16.5. The van der Waals surface area contributed by atoms with Gasteiger partial charge in [0.15, 0.2) is 0 Å². The van der Waals surface area contributed by atoms with Crippen LogP contribution in [-0.2, 0) is 6.42 Å². The van der Waals surface area contributed by atoms with Gasteiger partial charge in [0.1, 0.15) is 5.75 Å². The molecule has 0 amide bonds. The van der Waals surface area contributed by atoms with E-state index in [-0.39, 0.29) is 6.04 Å². The molecule has 126 valence electrons. The highest BCUT2D eigenvalue weighted by molar-refractivity contribution is 5.78. The van der Waals surface area contributed by atoms with E-state index in [9.17, 15) is 0 Å². The minimum Gasteiger partial charge on any atom is -0.497 e. The first-order chi connectivity index (χ1) is 12.3. The second-order valence-corrected chi connectivity index (χ2v) is 6.73. The molecule has 0 saturated carbocycles. The molecule has 1 aliphatic rings. The molecule has 3 aromatic carbocycles. The largest absolute Gasteiger partial charge is 0.497 e. The summed E-state index contributed by atoms with van der Waals surface area (Å²) >= 11 is 0. The lowest BCUT2D eigenvalue weighted by Crippen LogP contribution is -2.31. The number of methoxy groups -OCH3 is 1. The molecule has 3 aromatic rings. The summed E-state index contributed by atoms with van der Waals surface area (Å²) in [4.78, 5) is 0. The van der Waals surface area contributed by atoms with Crippen molar-refractivity contribution >= 4 is 0 Å². The minimum atomic E-state index is 0.264. The summed E-state index contributed by atoms with van der Waals surface area (Å²) in [7, 11) is 1.70. The van der Waals surface area contributed by atoms with Crippen molar-refractivity contribution in [2.75, 3.05) is 7.11 Å². The van der Waals surface area contributed by atoms with Gasteiger partial charge >= 0.3 is 0 Å². The van der Waals surface area contributed by atoms with Gasteiger partial charge in [0.25, 0.3) is 0 Å². The molecule has 0 fully saturated rings. The first kappa shape index (κ1) is 15.9. The smallest absolute Gasteiger partial charge is 0.118 e. The molecule has 0 bridgehead atoms. The number of fused-ring (bicyclic) bond motifs is 3. The topological polar surface area (TPSA) is 21.3 Å². The zero-order valence-corrected chi connectivity index (χ0v) is 14.7. The molecular formula is C23H23NO. The average molecular weight is 329 g/mol. The molecule has 4 rings (SSSR count). The van der Waals surface area contributed by atoms with Crippen LogP contribution in [0.2, 0.25) is 0 Å².